The van der Waals surface area contributed by atoms with Crippen molar-refractivity contribution in [2.45, 2.75) is 13.5 Å². The van der Waals surface area contributed by atoms with E-state index >= 15 is 0 Å². The lowest BCUT2D eigenvalue weighted by Crippen LogP contribution is -2.28. The first-order chi connectivity index (χ1) is 12.5. The van der Waals surface area contributed by atoms with Gasteiger partial charge in [0.05, 0.1) is 17.2 Å². The zero-order valence-electron chi connectivity index (χ0n) is 14.1. The molecular formula is C19H17N3O4. The number of benzene rings is 2. The van der Waals surface area contributed by atoms with Gasteiger partial charge in [-0.05, 0) is 36.8 Å². The van der Waals surface area contributed by atoms with E-state index < -0.39 is 18.5 Å². The van der Waals surface area contributed by atoms with Crippen LogP contribution in [-0.4, -0.2) is 28.0 Å². The van der Waals surface area contributed by atoms with Crippen LogP contribution in [0.4, 0.5) is 5.69 Å². The summed E-state index contributed by atoms with van der Waals surface area (Å²) in [5.41, 5.74) is 1.85. The molecule has 2 aromatic carbocycles. The molecule has 0 fully saturated rings. The molecule has 0 radical (unpaired) electrons. The van der Waals surface area contributed by atoms with Crippen molar-refractivity contribution in [3.05, 3.63) is 70.8 Å². The van der Waals surface area contributed by atoms with E-state index in [1.165, 1.54) is 6.33 Å². The molecule has 0 aliphatic heterocycles. The minimum absolute atomic E-state index is 0.311. The molecule has 1 aromatic heterocycles. The Balaban J connectivity index is 1.58. The number of carbonyl (C=O) groups excluding carboxylic acids is 2. The number of nitrogens with zero attached hydrogens (tertiary/aromatic N) is 2. The summed E-state index contributed by atoms with van der Waals surface area (Å²) in [6.07, 6.45) is 1.29. The Morgan fingerprint density at radius 2 is 1.96 bits per heavy atom. The number of nitrogens with one attached hydrogen (secondary N) is 1. The lowest BCUT2D eigenvalue weighted by atomic mass is 10.2. The third-order valence-corrected chi connectivity index (χ3v) is 3.70. The minimum Gasteiger partial charge on any atom is -0.454 e. The maximum atomic E-state index is 12.3. The molecule has 1 heterocycles. The molecule has 1 amide bonds. The van der Waals surface area contributed by atoms with Gasteiger partial charge in [0, 0.05) is 5.69 Å². The number of ether oxygens (including phenoxy) is 1. The number of hydrogen-bond donors (Lipinski definition) is 1. The standard InChI is InChI=1S/C19H17N3O4/c1-13-5-4-6-14(9-13)21-17(23)11-26-18(24)10-22-12-20-16-8-3-2-7-15(16)19(22)25/h2-9,12H,10-11H2,1H3,(H,21,23). The van der Waals surface area contributed by atoms with Gasteiger partial charge in [0.25, 0.3) is 11.5 Å². The zero-order chi connectivity index (χ0) is 18.5. The fraction of sp³-hybridized carbons (Fsp3) is 0.158. The monoisotopic (exact) mass is 351 g/mol. The quantitative estimate of drug-likeness (QED) is 0.709. The maximum absolute atomic E-state index is 12.3. The van der Waals surface area contributed by atoms with Crippen LogP contribution in [0.3, 0.4) is 0 Å². The van der Waals surface area contributed by atoms with Crippen LogP contribution in [0.15, 0.2) is 59.7 Å². The van der Waals surface area contributed by atoms with Crippen molar-refractivity contribution in [1.82, 2.24) is 9.55 Å². The minimum atomic E-state index is -0.691. The van der Waals surface area contributed by atoms with Crippen LogP contribution in [0.1, 0.15) is 5.56 Å². The Morgan fingerprint density at radius 3 is 2.77 bits per heavy atom. The van der Waals surface area contributed by atoms with Crippen molar-refractivity contribution in [3.8, 4) is 0 Å². The summed E-state index contributed by atoms with van der Waals surface area (Å²) in [6, 6.07) is 14.1. The van der Waals surface area contributed by atoms with Gasteiger partial charge in [-0.2, -0.15) is 0 Å². The summed E-state index contributed by atoms with van der Waals surface area (Å²) < 4.78 is 6.09. The highest BCUT2D eigenvalue weighted by atomic mass is 16.5. The highest BCUT2D eigenvalue weighted by Gasteiger charge is 2.11. The molecule has 26 heavy (non-hydrogen) atoms. The first-order valence-electron chi connectivity index (χ1n) is 7.99. The second-order valence-corrected chi connectivity index (χ2v) is 5.77. The second kappa shape index (κ2) is 7.60. The molecule has 0 aliphatic rings. The summed E-state index contributed by atoms with van der Waals surface area (Å²) in [5, 5.41) is 3.06. The van der Waals surface area contributed by atoms with E-state index in [1.807, 2.05) is 19.1 Å². The largest absolute Gasteiger partial charge is 0.454 e. The summed E-state index contributed by atoms with van der Waals surface area (Å²) in [4.78, 5) is 40.2. The van der Waals surface area contributed by atoms with Gasteiger partial charge in [0.15, 0.2) is 6.61 Å². The van der Waals surface area contributed by atoms with Crippen LogP contribution < -0.4 is 10.9 Å². The Labute approximate surface area is 149 Å². The van der Waals surface area contributed by atoms with Crippen LogP contribution in [-0.2, 0) is 20.9 Å². The van der Waals surface area contributed by atoms with Crippen LogP contribution in [0.5, 0.6) is 0 Å². The SMILES string of the molecule is Cc1cccc(NC(=O)COC(=O)Cn2cnc3ccccc3c2=O)c1. The number of rotatable bonds is 5. The summed E-state index contributed by atoms with van der Waals surface area (Å²) in [6.45, 7) is 1.17. The smallest absolute Gasteiger partial charge is 0.326 e. The van der Waals surface area contributed by atoms with Crippen molar-refractivity contribution in [2.24, 2.45) is 0 Å². The highest BCUT2D eigenvalue weighted by molar-refractivity contribution is 5.92. The fourth-order valence-corrected chi connectivity index (χ4v) is 2.47. The van der Waals surface area contributed by atoms with Gasteiger partial charge in [-0.1, -0.05) is 24.3 Å². The van der Waals surface area contributed by atoms with Gasteiger partial charge in [0.2, 0.25) is 0 Å². The van der Waals surface area contributed by atoms with Gasteiger partial charge < -0.3 is 10.1 Å². The van der Waals surface area contributed by atoms with Crippen LogP contribution in [0.25, 0.3) is 10.9 Å². The number of para-hydroxylation sites is 1. The lowest BCUT2D eigenvalue weighted by Gasteiger charge is -2.08. The van der Waals surface area contributed by atoms with Gasteiger partial charge in [0.1, 0.15) is 6.54 Å². The third-order valence-electron chi connectivity index (χ3n) is 3.70. The van der Waals surface area contributed by atoms with E-state index in [2.05, 4.69) is 10.3 Å². The summed E-state index contributed by atoms with van der Waals surface area (Å²) >= 11 is 0. The molecule has 0 spiro atoms. The third kappa shape index (κ3) is 4.13. The fourth-order valence-electron chi connectivity index (χ4n) is 2.47. The van der Waals surface area contributed by atoms with Crippen LogP contribution in [0.2, 0.25) is 0 Å². The Morgan fingerprint density at radius 1 is 1.15 bits per heavy atom. The number of anilines is 1. The molecule has 0 unspecified atom stereocenters. The van der Waals surface area contributed by atoms with E-state index in [0.29, 0.717) is 16.6 Å². The topological polar surface area (TPSA) is 90.3 Å². The van der Waals surface area contributed by atoms with Crippen molar-refractivity contribution in [3.63, 3.8) is 0 Å². The number of carbonyl (C=O) groups is 2. The predicted octanol–water partition coefficient (Wildman–Crippen LogP) is 1.89. The van der Waals surface area contributed by atoms with E-state index in [9.17, 15) is 14.4 Å². The van der Waals surface area contributed by atoms with E-state index in [0.717, 1.165) is 10.1 Å². The van der Waals surface area contributed by atoms with E-state index in [4.69, 9.17) is 4.74 Å². The van der Waals surface area contributed by atoms with Crippen LogP contribution in [0, 0.1) is 6.92 Å². The lowest BCUT2D eigenvalue weighted by molar-refractivity contribution is -0.147. The van der Waals surface area contributed by atoms with E-state index in [-0.39, 0.29) is 12.1 Å². The molecule has 1 N–H and O–H groups in total. The second-order valence-electron chi connectivity index (χ2n) is 5.77. The zero-order valence-corrected chi connectivity index (χ0v) is 14.1. The van der Waals surface area contributed by atoms with Gasteiger partial charge >= 0.3 is 5.97 Å². The Hall–Kier alpha value is -3.48. The summed E-state index contributed by atoms with van der Waals surface area (Å²) in [7, 11) is 0. The van der Waals surface area contributed by atoms with Crippen molar-refractivity contribution >= 4 is 28.5 Å². The highest BCUT2D eigenvalue weighted by Crippen LogP contribution is 2.09. The van der Waals surface area contributed by atoms with E-state index in [1.54, 1.807) is 36.4 Å². The number of hydrogen-bond acceptors (Lipinski definition) is 5. The number of aryl methyl sites for hydroxylation is 1. The number of aromatic nitrogens is 2. The average Bonchev–Trinajstić information content (AvgIpc) is 2.63. The molecule has 0 saturated carbocycles. The molecule has 7 nitrogen and oxygen atoms in total. The molecule has 132 valence electrons. The number of amides is 1. The molecule has 3 rings (SSSR count). The normalized spacial score (nSPS) is 10.5. The number of fused-ring (bicyclic) bond motifs is 1. The Kier molecular flexibility index (Phi) is 5.07. The number of esters is 1. The van der Waals surface area contributed by atoms with Gasteiger partial charge in [-0.15, -0.1) is 0 Å². The average molecular weight is 351 g/mol. The van der Waals surface area contributed by atoms with Crippen molar-refractivity contribution in [2.75, 3.05) is 11.9 Å². The van der Waals surface area contributed by atoms with Crippen LogP contribution >= 0.6 is 0 Å². The molecule has 3 aromatic rings. The molecule has 0 aliphatic carbocycles. The first kappa shape index (κ1) is 17.3. The molecule has 0 atom stereocenters. The molecule has 7 heteroatoms. The molecule has 0 bridgehead atoms. The molecule has 0 saturated heterocycles. The van der Waals surface area contributed by atoms with Crippen molar-refractivity contribution in [1.29, 1.82) is 0 Å². The predicted molar refractivity (Wildman–Crippen MR) is 96.8 cm³/mol. The maximum Gasteiger partial charge on any atom is 0.326 e. The summed E-state index contributed by atoms with van der Waals surface area (Å²) in [5.74, 6) is -1.14. The van der Waals surface area contributed by atoms with Gasteiger partial charge in [-0.25, -0.2) is 4.98 Å². The first-order valence-corrected chi connectivity index (χ1v) is 7.99. The Bertz CT molecular complexity index is 1030. The molecular weight excluding hydrogens is 334 g/mol. The van der Waals surface area contributed by atoms with Crippen molar-refractivity contribution < 1.29 is 14.3 Å². The van der Waals surface area contributed by atoms with Gasteiger partial charge in [-0.3, -0.25) is 19.0 Å².